The summed E-state index contributed by atoms with van der Waals surface area (Å²) in [5.41, 5.74) is 0.195. The van der Waals surface area contributed by atoms with Gasteiger partial charge in [0.2, 0.25) is 0 Å². The minimum Gasteiger partial charge on any atom is -0.398 e. The average molecular weight is 264 g/mol. The number of nitrogens with zero attached hydrogens (tertiary/aromatic N) is 2. The molecule has 6 heteroatoms. The molecule has 2 fully saturated rings. The van der Waals surface area contributed by atoms with E-state index in [0.29, 0.717) is 6.04 Å². The molecule has 3 rings (SSSR count). The van der Waals surface area contributed by atoms with E-state index in [1.165, 1.54) is 0 Å². The summed E-state index contributed by atoms with van der Waals surface area (Å²) in [6.07, 6.45) is 3.00. The Hall–Kier alpha value is -0.845. The summed E-state index contributed by atoms with van der Waals surface area (Å²) < 4.78 is 19.3. The molecule has 0 spiro atoms. The zero-order chi connectivity index (χ0) is 13.7. The third kappa shape index (κ3) is 2.22. The van der Waals surface area contributed by atoms with Crippen LogP contribution in [-0.4, -0.2) is 41.3 Å². The van der Waals surface area contributed by atoms with Gasteiger partial charge in [-0.25, -0.2) is 0 Å². The molecule has 1 aromatic rings. The first kappa shape index (κ1) is 13.2. The van der Waals surface area contributed by atoms with Crippen molar-refractivity contribution in [2.75, 3.05) is 13.2 Å². The first-order chi connectivity index (χ1) is 8.89. The second kappa shape index (κ2) is 4.33. The van der Waals surface area contributed by atoms with Crippen LogP contribution in [0.25, 0.3) is 0 Å². The van der Waals surface area contributed by atoms with Crippen molar-refractivity contribution in [2.24, 2.45) is 0 Å². The first-order valence-corrected chi connectivity index (χ1v) is 6.87. The molecule has 1 atom stereocenters. The highest BCUT2D eigenvalue weighted by atomic mass is 16.7. The second-order valence-corrected chi connectivity index (χ2v) is 6.33. The van der Waals surface area contributed by atoms with Gasteiger partial charge in [-0.15, -0.1) is 0 Å². The van der Waals surface area contributed by atoms with Gasteiger partial charge in [-0.2, -0.15) is 5.10 Å². The maximum Gasteiger partial charge on any atom is 0.516 e. The van der Waals surface area contributed by atoms with E-state index in [2.05, 4.69) is 32.8 Å². The highest BCUT2D eigenvalue weighted by Crippen LogP contribution is 2.36. The Morgan fingerprint density at radius 3 is 2.53 bits per heavy atom. The van der Waals surface area contributed by atoms with E-state index >= 15 is 0 Å². The Labute approximate surface area is 114 Å². The molecular weight excluding hydrogens is 243 g/mol. The van der Waals surface area contributed by atoms with E-state index in [1.807, 2.05) is 16.9 Å². The summed E-state index contributed by atoms with van der Waals surface area (Å²) in [4.78, 5) is 0. The van der Waals surface area contributed by atoms with E-state index in [4.69, 9.17) is 14.0 Å². The molecule has 0 aromatic carbocycles. The topological polar surface area (TPSA) is 45.5 Å². The molecule has 19 heavy (non-hydrogen) atoms. The molecule has 0 bridgehead atoms. The van der Waals surface area contributed by atoms with Gasteiger partial charge in [0.05, 0.1) is 29.4 Å². The van der Waals surface area contributed by atoms with Gasteiger partial charge in [0.25, 0.3) is 0 Å². The minimum atomic E-state index is -0.381. The first-order valence-electron chi connectivity index (χ1n) is 6.87. The second-order valence-electron chi connectivity index (χ2n) is 6.33. The summed E-state index contributed by atoms with van der Waals surface area (Å²) in [6.45, 7) is 9.76. The summed E-state index contributed by atoms with van der Waals surface area (Å²) in [6, 6.07) is 2.32. The molecule has 2 saturated heterocycles. The molecule has 104 valence electrons. The van der Waals surface area contributed by atoms with Crippen LogP contribution in [-0.2, 0) is 14.0 Å². The predicted octanol–water partition coefficient (Wildman–Crippen LogP) is 1.14. The normalized spacial score (nSPS) is 29.1. The highest BCUT2D eigenvalue weighted by Gasteiger charge is 2.52. The summed E-state index contributed by atoms with van der Waals surface area (Å²) in [7, 11) is -0.381. The van der Waals surface area contributed by atoms with Crippen LogP contribution in [0.5, 0.6) is 0 Å². The van der Waals surface area contributed by atoms with Crippen LogP contribution in [0.3, 0.4) is 0 Å². The highest BCUT2D eigenvalue weighted by molar-refractivity contribution is 6.61. The van der Waals surface area contributed by atoms with Crippen molar-refractivity contribution in [1.82, 2.24) is 9.78 Å². The molecule has 0 saturated carbocycles. The molecule has 5 nitrogen and oxygen atoms in total. The van der Waals surface area contributed by atoms with Crippen molar-refractivity contribution < 1.29 is 14.0 Å². The van der Waals surface area contributed by atoms with Gasteiger partial charge in [0.15, 0.2) is 0 Å². The molecule has 1 aromatic heterocycles. The van der Waals surface area contributed by atoms with Crippen molar-refractivity contribution in [1.29, 1.82) is 0 Å². The molecule has 0 N–H and O–H groups in total. The van der Waals surface area contributed by atoms with Gasteiger partial charge in [-0.05, 0) is 40.2 Å². The third-order valence-corrected chi connectivity index (χ3v) is 4.40. The standard InChI is InChI=1S/C13H21BN2O3/c1-12(2)13(3,4)19-14(18-12)11-5-7-16(15-11)10-6-8-17-9-10/h5,7,10H,6,8-9H2,1-4H3. The monoisotopic (exact) mass is 264 g/mol. The van der Waals surface area contributed by atoms with Crippen LogP contribution in [0.4, 0.5) is 0 Å². The average Bonchev–Trinajstić information content (AvgIpc) is 3.00. The zero-order valence-corrected chi connectivity index (χ0v) is 12.0. The van der Waals surface area contributed by atoms with Crippen molar-refractivity contribution in [3.8, 4) is 0 Å². The maximum atomic E-state index is 6.00. The Balaban J connectivity index is 1.77. The van der Waals surface area contributed by atoms with Crippen LogP contribution >= 0.6 is 0 Å². The Bertz CT molecular complexity index is 450. The quantitative estimate of drug-likeness (QED) is 0.751. The number of aromatic nitrogens is 2. The summed E-state index contributed by atoms with van der Waals surface area (Å²) in [5, 5.41) is 4.59. The van der Waals surface area contributed by atoms with Crippen molar-refractivity contribution in [3.05, 3.63) is 12.3 Å². The summed E-state index contributed by atoms with van der Waals surface area (Å²) >= 11 is 0. The van der Waals surface area contributed by atoms with E-state index in [-0.39, 0.29) is 18.3 Å². The molecule has 0 amide bonds. The number of hydrogen-bond donors (Lipinski definition) is 0. The molecule has 0 aliphatic carbocycles. The Morgan fingerprint density at radius 2 is 1.95 bits per heavy atom. The van der Waals surface area contributed by atoms with Gasteiger partial charge >= 0.3 is 7.12 Å². The lowest BCUT2D eigenvalue weighted by Gasteiger charge is -2.32. The number of ether oxygens (including phenoxy) is 1. The van der Waals surface area contributed by atoms with Crippen LogP contribution in [0.2, 0.25) is 0 Å². The fourth-order valence-electron chi connectivity index (χ4n) is 2.38. The van der Waals surface area contributed by atoms with Gasteiger partial charge in [-0.3, -0.25) is 4.68 Å². The van der Waals surface area contributed by atoms with Crippen LogP contribution < -0.4 is 5.59 Å². The van der Waals surface area contributed by atoms with Crippen molar-refractivity contribution in [2.45, 2.75) is 51.4 Å². The maximum absolute atomic E-state index is 6.00. The number of hydrogen-bond acceptors (Lipinski definition) is 4. The smallest absolute Gasteiger partial charge is 0.398 e. The molecule has 2 aliphatic rings. The largest absolute Gasteiger partial charge is 0.516 e. The van der Waals surface area contributed by atoms with Gasteiger partial charge in [-0.1, -0.05) is 0 Å². The lowest BCUT2D eigenvalue weighted by Crippen LogP contribution is -2.41. The Morgan fingerprint density at radius 1 is 1.26 bits per heavy atom. The van der Waals surface area contributed by atoms with Gasteiger partial charge in [0, 0.05) is 12.8 Å². The van der Waals surface area contributed by atoms with Gasteiger partial charge in [0.1, 0.15) is 0 Å². The molecule has 0 radical (unpaired) electrons. The van der Waals surface area contributed by atoms with E-state index in [1.54, 1.807) is 0 Å². The predicted molar refractivity (Wildman–Crippen MR) is 72.4 cm³/mol. The molecule has 1 unspecified atom stereocenters. The lowest BCUT2D eigenvalue weighted by atomic mass is 9.85. The lowest BCUT2D eigenvalue weighted by molar-refractivity contribution is 0.00578. The summed E-state index contributed by atoms with van der Waals surface area (Å²) in [5.74, 6) is 0. The minimum absolute atomic E-state index is 0.322. The third-order valence-electron chi connectivity index (χ3n) is 4.40. The fraction of sp³-hybridized carbons (Fsp3) is 0.769. The van der Waals surface area contributed by atoms with Crippen LogP contribution in [0.15, 0.2) is 12.3 Å². The molecule has 3 heterocycles. The van der Waals surface area contributed by atoms with E-state index in [9.17, 15) is 0 Å². The van der Waals surface area contributed by atoms with E-state index in [0.717, 1.165) is 25.2 Å². The van der Waals surface area contributed by atoms with Crippen molar-refractivity contribution in [3.63, 3.8) is 0 Å². The molecular formula is C13H21BN2O3. The SMILES string of the molecule is CC1(C)OB(c2ccn(C3CCOC3)n2)OC1(C)C. The Kier molecular flexibility index (Phi) is 3.00. The van der Waals surface area contributed by atoms with Crippen molar-refractivity contribution >= 4 is 12.7 Å². The van der Waals surface area contributed by atoms with Gasteiger partial charge < -0.3 is 14.0 Å². The molecule has 2 aliphatic heterocycles. The van der Waals surface area contributed by atoms with Crippen LogP contribution in [0, 0.1) is 0 Å². The van der Waals surface area contributed by atoms with Crippen LogP contribution in [0.1, 0.15) is 40.2 Å². The van der Waals surface area contributed by atoms with E-state index < -0.39 is 0 Å². The number of rotatable bonds is 2. The fourth-order valence-corrected chi connectivity index (χ4v) is 2.38. The zero-order valence-electron chi connectivity index (χ0n) is 12.0.